The zero-order valence-electron chi connectivity index (χ0n) is 17.9. The minimum absolute atomic E-state index is 0.0403. The first kappa shape index (κ1) is 23.2. The number of carbonyl (C=O) groups excluding carboxylic acids is 3. The highest BCUT2D eigenvalue weighted by molar-refractivity contribution is 5.95. The Morgan fingerprint density at radius 1 is 1.16 bits per heavy atom. The van der Waals surface area contributed by atoms with Crippen molar-refractivity contribution in [1.82, 2.24) is 15.5 Å². The van der Waals surface area contributed by atoms with E-state index in [1.807, 2.05) is 0 Å². The molecule has 1 saturated carbocycles. The summed E-state index contributed by atoms with van der Waals surface area (Å²) >= 11 is 0. The Balaban J connectivity index is 1.80. The molecular weight excluding hydrogens is 413 g/mol. The molecule has 2 N–H and O–H groups in total. The lowest BCUT2D eigenvalue weighted by Gasteiger charge is -2.33. The quantitative estimate of drug-likeness (QED) is 0.584. The molecule has 0 spiro atoms. The van der Waals surface area contributed by atoms with Crippen molar-refractivity contribution in [3.8, 4) is 0 Å². The average Bonchev–Trinajstić information content (AvgIpc) is 3.34. The highest BCUT2D eigenvalue weighted by Gasteiger charge is 2.32. The average molecular weight is 442 g/mol. The molecule has 170 valence electrons. The van der Waals surface area contributed by atoms with E-state index in [-0.39, 0.29) is 30.8 Å². The maximum absolute atomic E-state index is 13.5. The molecule has 1 aliphatic carbocycles. The van der Waals surface area contributed by atoms with Crippen molar-refractivity contribution in [3.05, 3.63) is 72.5 Å². The van der Waals surface area contributed by atoms with Crippen LogP contribution in [-0.4, -0.2) is 41.8 Å². The lowest BCUT2D eigenvalue weighted by Crippen LogP contribution is -2.49. The standard InChI is InChI=1S/C24H28FN3O4/c1-2-14-28(21(29)16-26-23(30)20-9-6-15-32-20)22(17-10-12-18(25)13-11-17)24(31)27-19-7-4-3-5-8-19/h2,6,9-13,15,19,22H,1,3-5,7-8,14,16H2,(H,26,30)(H,27,31)/t22-/m1/s1. The van der Waals surface area contributed by atoms with Gasteiger partial charge in [0.15, 0.2) is 5.76 Å². The number of rotatable bonds is 9. The first-order chi connectivity index (χ1) is 15.5. The molecular formula is C24H28FN3O4. The Bertz CT molecular complexity index is 921. The van der Waals surface area contributed by atoms with E-state index in [0.29, 0.717) is 5.56 Å². The third-order valence-corrected chi connectivity index (χ3v) is 5.49. The van der Waals surface area contributed by atoms with Crippen LogP contribution in [0.3, 0.4) is 0 Å². The maximum Gasteiger partial charge on any atom is 0.287 e. The van der Waals surface area contributed by atoms with Crippen LogP contribution in [0.2, 0.25) is 0 Å². The molecule has 0 aliphatic heterocycles. The molecule has 3 rings (SSSR count). The fraction of sp³-hybridized carbons (Fsp3) is 0.375. The van der Waals surface area contributed by atoms with Crippen molar-refractivity contribution in [2.75, 3.05) is 13.1 Å². The molecule has 0 bridgehead atoms. The summed E-state index contributed by atoms with van der Waals surface area (Å²) in [4.78, 5) is 39.9. The Labute approximate surface area is 186 Å². The topological polar surface area (TPSA) is 91.7 Å². The van der Waals surface area contributed by atoms with Crippen molar-refractivity contribution in [2.45, 2.75) is 44.2 Å². The molecule has 7 nitrogen and oxygen atoms in total. The second-order valence-corrected chi connectivity index (χ2v) is 7.79. The van der Waals surface area contributed by atoms with Crippen LogP contribution in [0.4, 0.5) is 4.39 Å². The maximum atomic E-state index is 13.5. The molecule has 1 aliphatic rings. The number of nitrogens with one attached hydrogen (secondary N) is 2. The number of furan rings is 1. The summed E-state index contributed by atoms with van der Waals surface area (Å²) in [6.07, 6.45) is 7.87. The molecule has 1 atom stereocenters. The lowest BCUT2D eigenvalue weighted by atomic mass is 9.94. The van der Waals surface area contributed by atoms with Gasteiger partial charge in [0.2, 0.25) is 11.8 Å². The van der Waals surface area contributed by atoms with Crippen molar-refractivity contribution >= 4 is 17.7 Å². The molecule has 0 radical (unpaired) electrons. The smallest absolute Gasteiger partial charge is 0.287 e. The summed E-state index contributed by atoms with van der Waals surface area (Å²) in [5, 5.41) is 5.56. The highest BCUT2D eigenvalue weighted by Crippen LogP contribution is 2.24. The van der Waals surface area contributed by atoms with E-state index in [2.05, 4.69) is 17.2 Å². The van der Waals surface area contributed by atoms with Crippen molar-refractivity contribution in [1.29, 1.82) is 0 Å². The number of amides is 3. The summed E-state index contributed by atoms with van der Waals surface area (Å²) in [6.45, 7) is 3.44. The van der Waals surface area contributed by atoms with Crippen LogP contribution in [-0.2, 0) is 9.59 Å². The predicted molar refractivity (Wildman–Crippen MR) is 117 cm³/mol. The predicted octanol–water partition coefficient (Wildman–Crippen LogP) is 3.35. The number of hydrogen-bond acceptors (Lipinski definition) is 4. The Kier molecular flexibility index (Phi) is 8.19. The fourth-order valence-electron chi connectivity index (χ4n) is 3.89. The van der Waals surface area contributed by atoms with E-state index in [1.165, 1.54) is 47.6 Å². The molecule has 32 heavy (non-hydrogen) atoms. The first-order valence-corrected chi connectivity index (χ1v) is 10.8. The molecule has 1 aromatic heterocycles. The van der Waals surface area contributed by atoms with Crippen LogP contribution in [0.5, 0.6) is 0 Å². The molecule has 8 heteroatoms. The summed E-state index contributed by atoms with van der Waals surface area (Å²) in [5.74, 6) is -1.70. The van der Waals surface area contributed by atoms with E-state index in [0.717, 1.165) is 32.1 Å². The minimum Gasteiger partial charge on any atom is -0.459 e. The lowest BCUT2D eigenvalue weighted by molar-refractivity contribution is -0.139. The van der Waals surface area contributed by atoms with Gasteiger partial charge in [0.05, 0.1) is 12.8 Å². The van der Waals surface area contributed by atoms with Crippen LogP contribution >= 0.6 is 0 Å². The van der Waals surface area contributed by atoms with Gasteiger partial charge in [0.25, 0.3) is 5.91 Å². The van der Waals surface area contributed by atoms with Crippen molar-refractivity contribution in [2.24, 2.45) is 0 Å². The monoisotopic (exact) mass is 441 g/mol. The van der Waals surface area contributed by atoms with Crippen molar-refractivity contribution in [3.63, 3.8) is 0 Å². The van der Waals surface area contributed by atoms with Gasteiger partial charge in [-0.1, -0.05) is 37.5 Å². The molecule has 3 amide bonds. The summed E-state index contributed by atoms with van der Waals surface area (Å²) in [5.41, 5.74) is 0.479. The Hall–Kier alpha value is -3.42. The molecule has 2 aromatic rings. The van der Waals surface area contributed by atoms with Crippen LogP contribution in [0.1, 0.15) is 54.3 Å². The number of carbonyl (C=O) groups is 3. The third kappa shape index (κ3) is 6.06. The normalized spacial score (nSPS) is 14.9. The number of benzene rings is 1. The molecule has 1 aromatic carbocycles. The fourth-order valence-corrected chi connectivity index (χ4v) is 3.89. The van der Waals surface area contributed by atoms with E-state index in [9.17, 15) is 18.8 Å². The van der Waals surface area contributed by atoms with Gasteiger partial charge >= 0.3 is 0 Å². The minimum atomic E-state index is -0.983. The van der Waals surface area contributed by atoms with E-state index in [4.69, 9.17) is 4.42 Å². The number of halogens is 1. The van der Waals surface area contributed by atoms with E-state index < -0.39 is 23.7 Å². The van der Waals surface area contributed by atoms with Gasteiger partial charge in [0, 0.05) is 12.6 Å². The van der Waals surface area contributed by atoms with Gasteiger partial charge < -0.3 is 20.0 Å². The largest absolute Gasteiger partial charge is 0.459 e. The third-order valence-electron chi connectivity index (χ3n) is 5.49. The van der Waals surface area contributed by atoms with Crippen LogP contribution in [0.25, 0.3) is 0 Å². The summed E-state index contributed by atoms with van der Waals surface area (Å²) in [6, 6.07) is 7.61. The van der Waals surface area contributed by atoms with Gasteiger partial charge in [-0.15, -0.1) is 6.58 Å². The second kappa shape index (κ2) is 11.3. The van der Waals surface area contributed by atoms with Gasteiger partial charge in [0.1, 0.15) is 11.9 Å². The highest BCUT2D eigenvalue weighted by atomic mass is 19.1. The zero-order valence-corrected chi connectivity index (χ0v) is 17.9. The number of nitrogens with zero attached hydrogens (tertiary/aromatic N) is 1. The van der Waals surface area contributed by atoms with Crippen LogP contribution in [0, 0.1) is 5.82 Å². The summed E-state index contributed by atoms with van der Waals surface area (Å²) < 4.78 is 18.6. The zero-order chi connectivity index (χ0) is 22.9. The van der Waals surface area contributed by atoms with Crippen molar-refractivity contribution < 1.29 is 23.2 Å². The van der Waals surface area contributed by atoms with Crippen LogP contribution < -0.4 is 10.6 Å². The first-order valence-electron chi connectivity index (χ1n) is 10.8. The molecule has 1 heterocycles. The second-order valence-electron chi connectivity index (χ2n) is 7.79. The van der Waals surface area contributed by atoms with Gasteiger partial charge in [-0.3, -0.25) is 14.4 Å². The Morgan fingerprint density at radius 3 is 2.50 bits per heavy atom. The van der Waals surface area contributed by atoms with E-state index >= 15 is 0 Å². The van der Waals surface area contributed by atoms with Gasteiger partial charge in [-0.25, -0.2) is 4.39 Å². The molecule has 0 saturated heterocycles. The van der Waals surface area contributed by atoms with E-state index in [1.54, 1.807) is 6.07 Å². The van der Waals surface area contributed by atoms with Crippen LogP contribution in [0.15, 0.2) is 59.7 Å². The van der Waals surface area contributed by atoms with Gasteiger partial charge in [-0.05, 0) is 42.7 Å². The van der Waals surface area contributed by atoms with Gasteiger partial charge in [-0.2, -0.15) is 0 Å². The Morgan fingerprint density at radius 2 is 1.88 bits per heavy atom. The number of hydrogen-bond donors (Lipinski definition) is 2. The SMILES string of the molecule is C=CCN(C(=O)CNC(=O)c1ccco1)[C@@H](C(=O)NC1CCCCC1)c1ccc(F)cc1. The molecule has 1 fully saturated rings. The summed E-state index contributed by atoms with van der Waals surface area (Å²) in [7, 11) is 0. The molecule has 0 unspecified atom stereocenters.